The highest BCUT2D eigenvalue weighted by Gasteiger charge is 2.20. The quantitative estimate of drug-likeness (QED) is 0.491. The summed E-state index contributed by atoms with van der Waals surface area (Å²) in [5, 5.41) is 18.6. The van der Waals surface area contributed by atoms with Crippen LogP contribution in [0.5, 0.6) is 5.75 Å². The van der Waals surface area contributed by atoms with E-state index in [9.17, 15) is 14.9 Å². The van der Waals surface area contributed by atoms with Crippen molar-refractivity contribution < 1.29 is 18.9 Å². The van der Waals surface area contributed by atoms with Crippen molar-refractivity contribution in [3.8, 4) is 5.75 Å². The van der Waals surface area contributed by atoms with Crippen LogP contribution in [0.25, 0.3) is 0 Å². The number of methoxy groups -OCH3 is 1. The van der Waals surface area contributed by atoms with Crippen LogP contribution in [0.2, 0.25) is 5.02 Å². The van der Waals surface area contributed by atoms with Crippen molar-refractivity contribution >= 4 is 28.9 Å². The molecule has 0 unspecified atom stereocenters. The number of carbonyl (C=O) groups is 1. The Kier molecular flexibility index (Phi) is 5.36. The van der Waals surface area contributed by atoms with Gasteiger partial charge in [0.05, 0.1) is 35.0 Å². The average Bonchev–Trinajstić information content (AvgIpc) is 3.22. The highest BCUT2D eigenvalue weighted by molar-refractivity contribution is 6.31. The van der Waals surface area contributed by atoms with Crippen molar-refractivity contribution in [2.24, 2.45) is 0 Å². The summed E-state index contributed by atoms with van der Waals surface area (Å²) in [6.07, 6.45) is 0. The maximum Gasteiger partial charge on any atom is 0.293 e. The first-order valence-corrected chi connectivity index (χ1v) is 8.60. The molecular formula is C18H17ClN4O5. The van der Waals surface area contributed by atoms with E-state index in [1.54, 1.807) is 17.7 Å². The number of carbonyl (C=O) groups excluding carboxylic acids is 1. The predicted octanol–water partition coefficient (Wildman–Crippen LogP) is 3.96. The van der Waals surface area contributed by atoms with Gasteiger partial charge in [0.2, 0.25) is 0 Å². The van der Waals surface area contributed by atoms with E-state index >= 15 is 0 Å². The van der Waals surface area contributed by atoms with Gasteiger partial charge in [-0.3, -0.25) is 19.6 Å². The normalized spacial score (nSPS) is 10.7. The van der Waals surface area contributed by atoms with Crippen LogP contribution in [0.4, 0.5) is 11.4 Å². The smallest absolute Gasteiger partial charge is 0.293 e. The standard InChI is InChI=1S/C18H17ClN4O5/c1-10-17(19)11(2)22(21-10)9-13-5-7-16(28-13)18(24)20-14-8-12(27-3)4-6-15(14)23(25)26/h4-8H,9H2,1-3H3,(H,20,24). The van der Waals surface area contributed by atoms with Gasteiger partial charge < -0.3 is 14.5 Å². The van der Waals surface area contributed by atoms with Crippen molar-refractivity contribution in [2.75, 3.05) is 12.4 Å². The lowest BCUT2D eigenvalue weighted by Crippen LogP contribution is -2.12. The second-order valence-corrected chi connectivity index (χ2v) is 6.38. The number of nitrogens with one attached hydrogen (secondary N) is 1. The van der Waals surface area contributed by atoms with E-state index in [2.05, 4.69) is 10.4 Å². The molecule has 0 aliphatic heterocycles. The molecule has 0 aliphatic rings. The number of nitro benzene ring substituents is 1. The Bertz CT molecular complexity index is 1060. The molecule has 2 aromatic heterocycles. The Labute approximate surface area is 165 Å². The van der Waals surface area contributed by atoms with Gasteiger partial charge in [0.1, 0.15) is 17.2 Å². The zero-order valence-electron chi connectivity index (χ0n) is 15.4. The van der Waals surface area contributed by atoms with Gasteiger partial charge in [0.25, 0.3) is 11.6 Å². The molecule has 28 heavy (non-hydrogen) atoms. The molecular weight excluding hydrogens is 388 g/mol. The molecule has 0 saturated heterocycles. The molecule has 1 amide bonds. The number of aryl methyl sites for hydroxylation is 1. The van der Waals surface area contributed by atoms with Crippen LogP contribution in [0.1, 0.15) is 27.7 Å². The van der Waals surface area contributed by atoms with Gasteiger partial charge in [-0.15, -0.1) is 0 Å². The van der Waals surface area contributed by atoms with Crippen LogP contribution in [0, 0.1) is 24.0 Å². The van der Waals surface area contributed by atoms with Crippen molar-refractivity contribution in [3.63, 3.8) is 0 Å². The summed E-state index contributed by atoms with van der Waals surface area (Å²) in [5.41, 5.74) is 1.25. The largest absolute Gasteiger partial charge is 0.497 e. The molecule has 0 fully saturated rings. The molecule has 9 nitrogen and oxygen atoms in total. The molecule has 1 N–H and O–H groups in total. The number of benzene rings is 1. The number of nitro groups is 1. The van der Waals surface area contributed by atoms with Gasteiger partial charge in [0, 0.05) is 12.1 Å². The van der Waals surface area contributed by atoms with Crippen LogP contribution in [0.3, 0.4) is 0 Å². The molecule has 10 heteroatoms. The summed E-state index contributed by atoms with van der Waals surface area (Å²) >= 11 is 6.13. The number of hydrogen-bond donors (Lipinski definition) is 1. The van der Waals surface area contributed by atoms with E-state index in [4.69, 9.17) is 20.8 Å². The molecule has 0 bridgehead atoms. The minimum absolute atomic E-state index is 0.0117. The Morgan fingerprint density at radius 3 is 2.71 bits per heavy atom. The van der Waals surface area contributed by atoms with Crippen LogP contribution in [-0.4, -0.2) is 27.7 Å². The molecule has 3 aromatic rings. The number of halogens is 1. The number of hydrogen-bond acceptors (Lipinski definition) is 6. The fraction of sp³-hybridized carbons (Fsp3) is 0.222. The number of anilines is 1. The lowest BCUT2D eigenvalue weighted by molar-refractivity contribution is -0.383. The van der Waals surface area contributed by atoms with E-state index in [1.165, 1.54) is 31.4 Å². The number of nitrogens with zero attached hydrogens (tertiary/aromatic N) is 3. The molecule has 0 atom stereocenters. The zero-order chi connectivity index (χ0) is 20.4. The molecule has 146 valence electrons. The first-order valence-electron chi connectivity index (χ1n) is 8.22. The zero-order valence-corrected chi connectivity index (χ0v) is 16.1. The minimum Gasteiger partial charge on any atom is -0.497 e. The van der Waals surface area contributed by atoms with E-state index < -0.39 is 10.8 Å². The van der Waals surface area contributed by atoms with Gasteiger partial charge in [-0.1, -0.05) is 11.6 Å². The third-order valence-electron chi connectivity index (χ3n) is 4.13. The average molecular weight is 405 g/mol. The van der Waals surface area contributed by atoms with Crippen LogP contribution in [-0.2, 0) is 6.54 Å². The highest BCUT2D eigenvalue weighted by atomic mass is 35.5. The van der Waals surface area contributed by atoms with Gasteiger partial charge >= 0.3 is 0 Å². The van der Waals surface area contributed by atoms with Crippen LogP contribution in [0.15, 0.2) is 34.7 Å². The lowest BCUT2D eigenvalue weighted by Gasteiger charge is -2.07. The van der Waals surface area contributed by atoms with E-state index in [0.29, 0.717) is 28.8 Å². The molecule has 2 heterocycles. The van der Waals surface area contributed by atoms with Gasteiger partial charge in [-0.2, -0.15) is 5.10 Å². The number of rotatable bonds is 6. The van der Waals surface area contributed by atoms with E-state index in [-0.39, 0.29) is 17.1 Å². The molecule has 1 aromatic carbocycles. The number of furan rings is 1. The summed E-state index contributed by atoms with van der Waals surface area (Å²) in [4.78, 5) is 23.1. The molecule has 0 aliphatic carbocycles. The van der Waals surface area contributed by atoms with Crippen molar-refractivity contribution in [2.45, 2.75) is 20.4 Å². The summed E-state index contributed by atoms with van der Waals surface area (Å²) in [5.74, 6) is 0.267. The topological polar surface area (TPSA) is 112 Å². The summed E-state index contributed by atoms with van der Waals surface area (Å²) < 4.78 is 12.3. The number of amides is 1. The Morgan fingerprint density at radius 1 is 1.36 bits per heavy atom. The third kappa shape index (κ3) is 3.84. The van der Waals surface area contributed by atoms with Gasteiger partial charge in [-0.05, 0) is 32.0 Å². The Hall–Kier alpha value is -3.33. The molecule has 0 radical (unpaired) electrons. The fourth-order valence-corrected chi connectivity index (χ4v) is 2.78. The highest BCUT2D eigenvalue weighted by Crippen LogP contribution is 2.29. The Morgan fingerprint density at radius 2 is 2.11 bits per heavy atom. The van der Waals surface area contributed by atoms with Crippen molar-refractivity contribution in [3.05, 3.63) is 68.4 Å². The molecule has 0 saturated carbocycles. The third-order valence-corrected chi connectivity index (χ3v) is 4.68. The van der Waals surface area contributed by atoms with E-state index in [1.807, 2.05) is 6.92 Å². The maximum absolute atomic E-state index is 12.5. The SMILES string of the molecule is COc1ccc([N+](=O)[O-])c(NC(=O)c2ccc(Cn3nc(C)c(Cl)c3C)o2)c1. The van der Waals surface area contributed by atoms with Crippen molar-refractivity contribution in [1.82, 2.24) is 9.78 Å². The minimum atomic E-state index is -0.617. The first kappa shape index (κ1) is 19.4. The second kappa shape index (κ2) is 7.73. The number of aromatic nitrogens is 2. The van der Waals surface area contributed by atoms with Crippen LogP contribution < -0.4 is 10.1 Å². The fourth-order valence-electron chi connectivity index (χ4n) is 2.65. The molecule has 0 spiro atoms. The maximum atomic E-state index is 12.5. The predicted molar refractivity (Wildman–Crippen MR) is 102 cm³/mol. The lowest BCUT2D eigenvalue weighted by atomic mass is 10.2. The van der Waals surface area contributed by atoms with Gasteiger partial charge in [-0.25, -0.2) is 0 Å². The molecule has 3 rings (SSSR count). The van der Waals surface area contributed by atoms with Crippen molar-refractivity contribution in [1.29, 1.82) is 0 Å². The summed E-state index contributed by atoms with van der Waals surface area (Å²) in [6.45, 7) is 3.93. The first-order chi connectivity index (χ1) is 13.3. The summed E-state index contributed by atoms with van der Waals surface area (Å²) in [6, 6.07) is 7.20. The second-order valence-electron chi connectivity index (χ2n) is 6.00. The Balaban J connectivity index is 1.79. The van der Waals surface area contributed by atoms with Gasteiger partial charge in [0.15, 0.2) is 5.76 Å². The summed E-state index contributed by atoms with van der Waals surface area (Å²) in [7, 11) is 1.43. The number of ether oxygens (including phenoxy) is 1. The van der Waals surface area contributed by atoms with E-state index in [0.717, 1.165) is 5.69 Å². The monoisotopic (exact) mass is 404 g/mol. The van der Waals surface area contributed by atoms with Crippen LogP contribution >= 0.6 is 11.6 Å².